The minimum atomic E-state index is -0.437. The van der Waals surface area contributed by atoms with Crippen molar-refractivity contribution in [2.45, 2.75) is 31.2 Å². The van der Waals surface area contributed by atoms with Crippen LogP contribution in [0.2, 0.25) is 0 Å². The Labute approximate surface area is 108 Å². The molecule has 4 nitrogen and oxygen atoms in total. The van der Waals surface area contributed by atoms with Gasteiger partial charge >= 0.3 is 0 Å². The molecule has 92 valence electrons. The van der Waals surface area contributed by atoms with Gasteiger partial charge in [-0.1, -0.05) is 12.8 Å². The van der Waals surface area contributed by atoms with Gasteiger partial charge < -0.3 is 20.3 Å². The van der Waals surface area contributed by atoms with Crippen molar-refractivity contribution in [3.05, 3.63) is 16.1 Å². The predicted octanol–water partition coefficient (Wildman–Crippen LogP) is 2.61. The number of ether oxygens (including phenoxy) is 2. The largest absolute Gasteiger partial charge is 0.506 e. The van der Waals surface area contributed by atoms with Crippen molar-refractivity contribution in [2.75, 3.05) is 6.79 Å². The first kappa shape index (κ1) is 11.2. The van der Waals surface area contributed by atoms with E-state index in [1.807, 2.05) is 6.07 Å². The maximum atomic E-state index is 10.2. The Bertz CT molecular complexity index is 469. The van der Waals surface area contributed by atoms with E-state index in [0.29, 0.717) is 16.0 Å². The number of hydrogen-bond acceptors (Lipinski definition) is 4. The van der Waals surface area contributed by atoms with Gasteiger partial charge in [0.15, 0.2) is 11.5 Å². The highest BCUT2D eigenvalue weighted by Crippen LogP contribution is 2.51. The van der Waals surface area contributed by atoms with E-state index >= 15 is 0 Å². The average molecular weight is 300 g/mol. The number of aromatic hydroxyl groups is 1. The van der Waals surface area contributed by atoms with Gasteiger partial charge in [0.1, 0.15) is 10.2 Å². The van der Waals surface area contributed by atoms with Crippen molar-refractivity contribution in [3.8, 4) is 17.2 Å². The number of hydrogen-bond donors (Lipinski definition) is 2. The average Bonchev–Trinajstić information content (AvgIpc) is 2.92. The second-order valence-electron chi connectivity index (χ2n) is 4.68. The third kappa shape index (κ3) is 1.60. The number of rotatable bonds is 1. The summed E-state index contributed by atoms with van der Waals surface area (Å²) in [6, 6.07) is 1.81. The summed E-state index contributed by atoms with van der Waals surface area (Å²) in [6.45, 7) is 0.189. The zero-order chi connectivity index (χ0) is 12.0. The summed E-state index contributed by atoms with van der Waals surface area (Å²) >= 11 is 3.34. The third-order valence-electron chi connectivity index (χ3n) is 3.61. The summed E-state index contributed by atoms with van der Waals surface area (Å²) in [7, 11) is 0. The van der Waals surface area contributed by atoms with Crippen molar-refractivity contribution in [2.24, 2.45) is 5.73 Å². The Morgan fingerprint density at radius 1 is 1.29 bits per heavy atom. The minimum absolute atomic E-state index is 0.179. The molecule has 1 fully saturated rings. The van der Waals surface area contributed by atoms with Gasteiger partial charge in [-0.2, -0.15) is 0 Å². The first-order chi connectivity index (χ1) is 8.12. The molecule has 2 aliphatic rings. The molecular formula is C12H14BrNO3. The van der Waals surface area contributed by atoms with Gasteiger partial charge in [0.25, 0.3) is 0 Å². The van der Waals surface area contributed by atoms with Crippen molar-refractivity contribution < 1.29 is 14.6 Å². The summed E-state index contributed by atoms with van der Waals surface area (Å²) in [5, 5.41) is 10.2. The molecule has 1 aliphatic heterocycles. The second-order valence-corrected chi connectivity index (χ2v) is 5.48. The summed E-state index contributed by atoms with van der Waals surface area (Å²) < 4.78 is 11.2. The van der Waals surface area contributed by atoms with E-state index in [2.05, 4.69) is 15.9 Å². The van der Waals surface area contributed by atoms with Gasteiger partial charge in [-0.15, -0.1) is 0 Å². The Morgan fingerprint density at radius 3 is 2.71 bits per heavy atom. The number of phenols is 1. The summed E-state index contributed by atoms with van der Waals surface area (Å²) in [5.41, 5.74) is 6.69. The van der Waals surface area contributed by atoms with Crippen LogP contribution in [0.25, 0.3) is 0 Å². The summed E-state index contributed by atoms with van der Waals surface area (Å²) in [5.74, 6) is 1.40. The first-order valence-electron chi connectivity index (χ1n) is 5.72. The molecule has 0 unspecified atom stereocenters. The highest BCUT2D eigenvalue weighted by molar-refractivity contribution is 9.10. The van der Waals surface area contributed by atoms with Gasteiger partial charge in [0.05, 0.1) is 0 Å². The molecule has 0 spiro atoms. The standard InChI is InChI=1S/C12H14BrNO3/c13-9-10(15)7(12(14)3-1-2-4-12)5-8-11(9)17-6-16-8/h5,15H,1-4,6,14H2. The van der Waals surface area contributed by atoms with Crippen LogP contribution in [0.15, 0.2) is 10.5 Å². The zero-order valence-electron chi connectivity index (χ0n) is 9.33. The fourth-order valence-corrected chi connectivity index (χ4v) is 3.17. The molecule has 0 aromatic heterocycles. The Hall–Kier alpha value is -0.940. The number of benzene rings is 1. The maximum Gasteiger partial charge on any atom is 0.231 e. The SMILES string of the molecule is NC1(c2cc3c(c(Br)c2O)OCO3)CCCC1. The lowest BCUT2D eigenvalue weighted by molar-refractivity contribution is 0.173. The van der Waals surface area contributed by atoms with Crippen LogP contribution < -0.4 is 15.2 Å². The predicted molar refractivity (Wildman–Crippen MR) is 66.3 cm³/mol. The van der Waals surface area contributed by atoms with Crippen LogP contribution in [0.5, 0.6) is 17.2 Å². The van der Waals surface area contributed by atoms with E-state index in [1.165, 1.54) is 0 Å². The third-order valence-corrected chi connectivity index (χ3v) is 4.35. The molecule has 5 heteroatoms. The Kier molecular flexibility index (Phi) is 2.48. The van der Waals surface area contributed by atoms with Crippen molar-refractivity contribution in [3.63, 3.8) is 0 Å². The fraction of sp³-hybridized carbons (Fsp3) is 0.500. The monoisotopic (exact) mass is 299 g/mol. The van der Waals surface area contributed by atoms with Crippen LogP contribution in [0, 0.1) is 0 Å². The molecule has 3 rings (SSSR count). The lowest BCUT2D eigenvalue weighted by Crippen LogP contribution is -2.33. The Balaban J connectivity index is 2.14. The fourth-order valence-electron chi connectivity index (χ4n) is 2.65. The molecule has 0 saturated heterocycles. The molecule has 0 atom stereocenters. The molecule has 17 heavy (non-hydrogen) atoms. The maximum absolute atomic E-state index is 10.2. The van der Waals surface area contributed by atoms with Gasteiger partial charge in [-0.25, -0.2) is 0 Å². The van der Waals surface area contributed by atoms with Gasteiger partial charge in [0.2, 0.25) is 6.79 Å². The molecule has 0 amide bonds. The van der Waals surface area contributed by atoms with Crippen molar-refractivity contribution in [1.82, 2.24) is 0 Å². The molecule has 0 bridgehead atoms. The quantitative estimate of drug-likeness (QED) is 0.837. The molecular weight excluding hydrogens is 286 g/mol. The number of phenolic OH excluding ortho intramolecular Hbond substituents is 1. The van der Waals surface area contributed by atoms with Crippen LogP contribution in [0.4, 0.5) is 0 Å². The van der Waals surface area contributed by atoms with Crippen molar-refractivity contribution >= 4 is 15.9 Å². The van der Waals surface area contributed by atoms with Gasteiger partial charge in [-0.05, 0) is 34.8 Å². The van der Waals surface area contributed by atoms with Gasteiger partial charge in [-0.3, -0.25) is 0 Å². The van der Waals surface area contributed by atoms with E-state index in [4.69, 9.17) is 15.2 Å². The number of fused-ring (bicyclic) bond motifs is 1. The molecule has 0 radical (unpaired) electrons. The molecule has 1 heterocycles. The molecule has 3 N–H and O–H groups in total. The highest BCUT2D eigenvalue weighted by atomic mass is 79.9. The van der Waals surface area contributed by atoms with Crippen LogP contribution in [0.3, 0.4) is 0 Å². The lowest BCUT2D eigenvalue weighted by Gasteiger charge is -2.25. The number of halogens is 1. The second kappa shape index (κ2) is 3.78. The van der Waals surface area contributed by atoms with Gasteiger partial charge in [0, 0.05) is 11.1 Å². The molecule has 1 aromatic rings. The van der Waals surface area contributed by atoms with E-state index in [0.717, 1.165) is 31.2 Å². The molecule has 1 saturated carbocycles. The normalized spacial score (nSPS) is 20.8. The van der Waals surface area contributed by atoms with E-state index < -0.39 is 5.54 Å². The van der Waals surface area contributed by atoms with Crippen LogP contribution in [0.1, 0.15) is 31.2 Å². The molecule has 1 aliphatic carbocycles. The van der Waals surface area contributed by atoms with Crippen LogP contribution in [-0.2, 0) is 5.54 Å². The molecule has 1 aromatic carbocycles. The lowest BCUT2D eigenvalue weighted by atomic mass is 9.88. The zero-order valence-corrected chi connectivity index (χ0v) is 10.9. The first-order valence-corrected chi connectivity index (χ1v) is 6.51. The van der Waals surface area contributed by atoms with Crippen LogP contribution in [-0.4, -0.2) is 11.9 Å². The highest BCUT2D eigenvalue weighted by Gasteiger charge is 2.36. The van der Waals surface area contributed by atoms with Crippen molar-refractivity contribution in [1.29, 1.82) is 0 Å². The number of nitrogens with two attached hydrogens (primary N) is 1. The van der Waals surface area contributed by atoms with E-state index in [9.17, 15) is 5.11 Å². The topological polar surface area (TPSA) is 64.7 Å². The smallest absolute Gasteiger partial charge is 0.231 e. The van der Waals surface area contributed by atoms with E-state index in [-0.39, 0.29) is 12.5 Å². The van der Waals surface area contributed by atoms with E-state index in [1.54, 1.807) is 0 Å². The van der Waals surface area contributed by atoms with Crippen LogP contribution >= 0.6 is 15.9 Å². The minimum Gasteiger partial charge on any atom is -0.506 e. The Morgan fingerprint density at radius 2 is 2.00 bits per heavy atom. The summed E-state index contributed by atoms with van der Waals surface area (Å²) in [4.78, 5) is 0. The summed E-state index contributed by atoms with van der Waals surface area (Å²) in [6.07, 6.45) is 3.99.